The normalized spacial score (nSPS) is 24.3. The predicted molar refractivity (Wildman–Crippen MR) is 142 cm³/mol. The molecule has 2 atom stereocenters. The average molecular weight is 490 g/mol. The van der Waals surface area contributed by atoms with Crippen LogP contribution in [0.5, 0.6) is 0 Å². The van der Waals surface area contributed by atoms with E-state index in [0.29, 0.717) is 30.0 Å². The quantitative estimate of drug-likeness (QED) is 0.698. The van der Waals surface area contributed by atoms with Gasteiger partial charge in [-0.3, -0.25) is 9.59 Å². The number of anilines is 1. The highest BCUT2D eigenvalue weighted by atomic mass is 16.2. The Hall–Kier alpha value is -2.93. The van der Waals surface area contributed by atoms with Crippen LogP contribution >= 0.6 is 0 Å². The van der Waals surface area contributed by atoms with Crippen LogP contribution in [0.15, 0.2) is 42.5 Å². The van der Waals surface area contributed by atoms with E-state index in [9.17, 15) is 9.59 Å². The maximum atomic E-state index is 13.0. The Bertz CT molecular complexity index is 1100. The Morgan fingerprint density at radius 1 is 0.972 bits per heavy atom. The zero-order valence-electron chi connectivity index (χ0n) is 22.0. The van der Waals surface area contributed by atoms with Crippen LogP contribution in [-0.2, 0) is 5.41 Å². The van der Waals surface area contributed by atoms with Gasteiger partial charge < -0.3 is 20.0 Å². The minimum Gasteiger partial charge on any atom is -0.355 e. The molecule has 36 heavy (non-hydrogen) atoms. The first kappa shape index (κ1) is 24.8. The Labute approximate surface area is 214 Å². The Kier molecular flexibility index (Phi) is 6.77. The van der Waals surface area contributed by atoms with Crippen LogP contribution in [0.25, 0.3) is 0 Å². The fraction of sp³-hybridized carbons (Fsp3) is 0.552. The molecule has 0 bridgehead atoms. The standard InChI is InChI=1S/C29H39N5O2/c1-29(2,3)21-11-9-20(10-12-21)28(36)34-18-23-22(24(23)19-34)17-30-27(35)25-7-5-8-26(31-25)33-14-6-13-32(4)15-16-33/h5,7-12,22-24H,6,13-19H2,1-4H3,(H,30,35). The molecule has 3 fully saturated rings. The third kappa shape index (κ3) is 5.26. The predicted octanol–water partition coefficient (Wildman–Crippen LogP) is 3.27. The van der Waals surface area contributed by atoms with E-state index >= 15 is 0 Å². The molecule has 2 amide bonds. The molecule has 192 valence electrons. The van der Waals surface area contributed by atoms with Gasteiger partial charge in [-0.15, -0.1) is 0 Å². The van der Waals surface area contributed by atoms with Gasteiger partial charge in [0.2, 0.25) is 0 Å². The minimum absolute atomic E-state index is 0.0787. The van der Waals surface area contributed by atoms with Gasteiger partial charge in [0.25, 0.3) is 11.8 Å². The largest absolute Gasteiger partial charge is 0.355 e. The van der Waals surface area contributed by atoms with Crippen molar-refractivity contribution >= 4 is 17.6 Å². The molecular weight excluding hydrogens is 450 g/mol. The fourth-order valence-corrected chi connectivity index (χ4v) is 5.72. The van der Waals surface area contributed by atoms with E-state index in [1.165, 1.54) is 5.56 Å². The molecule has 0 spiro atoms. The lowest BCUT2D eigenvalue weighted by atomic mass is 9.86. The number of nitrogens with one attached hydrogen (secondary N) is 1. The van der Waals surface area contributed by atoms with E-state index in [-0.39, 0.29) is 17.2 Å². The molecule has 3 aliphatic rings. The summed E-state index contributed by atoms with van der Waals surface area (Å²) in [6.45, 7) is 12.7. The first-order valence-electron chi connectivity index (χ1n) is 13.3. The van der Waals surface area contributed by atoms with Gasteiger partial charge in [-0.25, -0.2) is 4.98 Å². The highest BCUT2D eigenvalue weighted by Crippen LogP contribution is 2.51. The summed E-state index contributed by atoms with van der Waals surface area (Å²) in [7, 11) is 2.15. The summed E-state index contributed by atoms with van der Waals surface area (Å²) in [6.07, 6.45) is 1.10. The number of aromatic nitrogens is 1. The molecule has 0 radical (unpaired) electrons. The van der Waals surface area contributed by atoms with E-state index in [4.69, 9.17) is 0 Å². The lowest BCUT2D eigenvalue weighted by Gasteiger charge is -2.22. The van der Waals surface area contributed by atoms with E-state index in [0.717, 1.165) is 57.1 Å². The van der Waals surface area contributed by atoms with Crippen molar-refractivity contribution in [2.24, 2.45) is 17.8 Å². The van der Waals surface area contributed by atoms with E-state index in [1.54, 1.807) is 6.07 Å². The summed E-state index contributed by atoms with van der Waals surface area (Å²) in [6, 6.07) is 13.8. The van der Waals surface area contributed by atoms with Crippen LogP contribution in [0.3, 0.4) is 0 Å². The number of carbonyl (C=O) groups excluding carboxylic acids is 2. The molecule has 3 heterocycles. The molecule has 7 heteroatoms. The highest BCUT2D eigenvalue weighted by molar-refractivity contribution is 5.94. The number of likely N-dealkylation sites (N-methyl/N-ethyl adjacent to an activating group) is 1. The smallest absolute Gasteiger partial charge is 0.269 e. The summed E-state index contributed by atoms with van der Waals surface area (Å²) in [5.74, 6) is 2.30. The van der Waals surface area contributed by atoms with Crippen molar-refractivity contribution in [1.82, 2.24) is 20.1 Å². The van der Waals surface area contributed by atoms with Gasteiger partial charge in [0.05, 0.1) is 0 Å². The van der Waals surface area contributed by atoms with Gasteiger partial charge >= 0.3 is 0 Å². The maximum absolute atomic E-state index is 13.0. The minimum atomic E-state index is -0.111. The zero-order chi connectivity index (χ0) is 25.4. The lowest BCUT2D eigenvalue weighted by Crippen LogP contribution is -2.34. The molecule has 2 unspecified atom stereocenters. The zero-order valence-corrected chi connectivity index (χ0v) is 22.0. The molecule has 2 aliphatic heterocycles. The molecule has 1 aromatic heterocycles. The third-order valence-electron chi connectivity index (χ3n) is 8.17. The molecule has 1 saturated carbocycles. The van der Waals surface area contributed by atoms with Gasteiger partial charge in [0, 0.05) is 44.8 Å². The van der Waals surface area contributed by atoms with Crippen molar-refractivity contribution in [3.05, 3.63) is 59.3 Å². The van der Waals surface area contributed by atoms with Crippen molar-refractivity contribution < 1.29 is 9.59 Å². The fourth-order valence-electron chi connectivity index (χ4n) is 5.72. The number of rotatable bonds is 5. The summed E-state index contributed by atoms with van der Waals surface area (Å²) in [5.41, 5.74) is 2.55. The molecule has 1 aliphatic carbocycles. The summed E-state index contributed by atoms with van der Waals surface area (Å²) >= 11 is 0. The second kappa shape index (κ2) is 9.85. The van der Waals surface area contributed by atoms with Crippen molar-refractivity contribution in [3.8, 4) is 0 Å². The average Bonchev–Trinajstić information content (AvgIpc) is 3.41. The molecule has 5 rings (SSSR count). The SMILES string of the molecule is CN1CCCN(c2cccc(C(=O)NCC3C4CN(C(=O)c5ccc(C(C)(C)C)cc5)CC34)n2)CC1. The summed E-state index contributed by atoms with van der Waals surface area (Å²) < 4.78 is 0. The van der Waals surface area contributed by atoms with Gasteiger partial charge in [0.15, 0.2) is 0 Å². The second-order valence-corrected chi connectivity index (χ2v) is 11.8. The third-order valence-corrected chi connectivity index (χ3v) is 8.17. The maximum Gasteiger partial charge on any atom is 0.269 e. The topological polar surface area (TPSA) is 68.8 Å². The number of amides is 2. The molecular formula is C29H39N5O2. The van der Waals surface area contributed by atoms with E-state index in [1.807, 2.05) is 29.2 Å². The Morgan fingerprint density at radius 2 is 1.69 bits per heavy atom. The van der Waals surface area contributed by atoms with Crippen LogP contribution in [0.1, 0.15) is 53.6 Å². The van der Waals surface area contributed by atoms with Crippen LogP contribution < -0.4 is 10.2 Å². The van der Waals surface area contributed by atoms with Gasteiger partial charge in [-0.05, 0) is 73.0 Å². The van der Waals surface area contributed by atoms with Crippen molar-refractivity contribution in [3.63, 3.8) is 0 Å². The van der Waals surface area contributed by atoms with Crippen LogP contribution in [-0.4, -0.2) is 79.5 Å². The van der Waals surface area contributed by atoms with Crippen LogP contribution in [0.2, 0.25) is 0 Å². The number of likely N-dealkylation sites (tertiary alicyclic amines) is 1. The lowest BCUT2D eigenvalue weighted by molar-refractivity contribution is 0.0765. The molecule has 2 saturated heterocycles. The number of hydrogen-bond donors (Lipinski definition) is 1. The van der Waals surface area contributed by atoms with E-state index < -0.39 is 0 Å². The number of piperidine rings is 1. The number of nitrogens with zero attached hydrogens (tertiary/aromatic N) is 4. The van der Waals surface area contributed by atoms with Gasteiger partial charge in [-0.2, -0.15) is 0 Å². The van der Waals surface area contributed by atoms with E-state index in [2.05, 4.69) is 60.1 Å². The van der Waals surface area contributed by atoms with Gasteiger partial charge in [0.1, 0.15) is 11.5 Å². The van der Waals surface area contributed by atoms with Crippen LogP contribution in [0.4, 0.5) is 5.82 Å². The first-order valence-corrected chi connectivity index (χ1v) is 13.3. The number of benzene rings is 1. The van der Waals surface area contributed by atoms with Crippen molar-refractivity contribution in [2.75, 3.05) is 57.8 Å². The number of hydrogen-bond acceptors (Lipinski definition) is 5. The number of fused-ring (bicyclic) bond motifs is 1. The molecule has 1 aromatic carbocycles. The summed E-state index contributed by atoms with van der Waals surface area (Å²) in [4.78, 5) is 37.1. The highest BCUT2D eigenvalue weighted by Gasteiger charge is 2.56. The van der Waals surface area contributed by atoms with Crippen molar-refractivity contribution in [2.45, 2.75) is 32.6 Å². The van der Waals surface area contributed by atoms with Gasteiger partial charge in [-0.1, -0.05) is 39.0 Å². The van der Waals surface area contributed by atoms with Crippen molar-refractivity contribution in [1.29, 1.82) is 0 Å². The first-order chi connectivity index (χ1) is 17.2. The Balaban J connectivity index is 1.10. The molecule has 7 nitrogen and oxygen atoms in total. The monoisotopic (exact) mass is 489 g/mol. The molecule has 1 N–H and O–H groups in total. The summed E-state index contributed by atoms with van der Waals surface area (Å²) in [5, 5.41) is 3.10. The second-order valence-electron chi connectivity index (χ2n) is 11.8. The van der Waals surface area contributed by atoms with Crippen LogP contribution in [0, 0.1) is 17.8 Å². The number of pyridine rings is 1. The Morgan fingerprint density at radius 3 is 2.39 bits per heavy atom. The molecule has 2 aromatic rings. The number of carbonyl (C=O) groups is 2.